The molecule has 0 N–H and O–H groups in total. The van der Waals surface area contributed by atoms with Crippen molar-refractivity contribution in [1.29, 1.82) is 0 Å². The highest BCUT2D eigenvalue weighted by molar-refractivity contribution is 6.14. The van der Waals surface area contributed by atoms with Crippen LogP contribution in [0.1, 0.15) is 36.6 Å². The highest BCUT2D eigenvalue weighted by Gasteiger charge is 2.30. The van der Waals surface area contributed by atoms with Crippen molar-refractivity contribution in [2.24, 2.45) is 0 Å². The van der Waals surface area contributed by atoms with Crippen LogP contribution in [-0.2, 0) is 9.47 Å². The van der Waals surface area contributed by atoms with Gasteiger partial charge in [-0.05, 0) is 48.5 Å². The SMILES string of the molecule is C=C1OC(=O)c2c(Oc3ccc(Oc4ccc5c(c4)C(=O)OC5=O)cc3)cccc21. The molecule has 3 aromatic carbocycles. The summed E-state index contributed by atoms with van der Waals surface area (Å²) < 4.78 is 21.2. The van der Waals surface area contributed by atoms with Crippen LogP contribution in [0.5, 0.6) is 23.0 Å². The smallest absolute Gasteiger partial charge is 0.348 e. The maximum atomic E-state index is 12.0. The zero-order valence-corrected chi connectivity index (χ0v) is 15.3. The molecule has 0 atom stereocenters. The highest BCUT2D eigenvalue weighted by atomic mass is 16.6. The minimum absolute atomic E-state index is 0.170. The molecule has 0 saturated carbocycles. The van der Waals surface area contributed by atoms with Crippen LogP contribution in [0.15, 0.2) is 67.2 Å². The van der Waals surface area contributed by atoms with Crippen LogP contribution in [0.3, 0.4) is 0 Å². The van der Waals surface area contributed by atoms with Crippen molar-refractivity contribution >= 4 is 23.7 Å². The number of hydrogen-bond acceptors (Lipinski definition) is 7. The summed E-state index contributed by atoms with van der Waals surface area (Å²) in [7, 11) is 0. The Hall–Kier alpha value is -4.39. The van der Waals surface area contributed by atoms with Gasteiger partial charge in [0.1, 0.15) is 34.3 Å². The Morgan fingerprint density at radius 3 is 2.07 bits per heavy atom. The van der Waals surface area contributed by atoms with Crippen LogP contribution in [0.2, 0.25) is 0 Å². The first-order valence-corrected chi connectivity index (χ1v) is 8.90. The third-order valence-corrected chi connectivity index (χ3v) is 4.65. The van der Waals surface area contributed by atoms with Gasteiger partial charge in [0.25, 0.3) is 0 Å². The summed E-state index contributed by atoms with van der Waals surface area (Å²) in [4.78, 5) is 35.2. The van der Waals surface area contributed by atoms with E-state index in [1.807, 2.05) is 0 Å². The van der Waals surface area contributed by atoms with E-state index < -0.39 is 17.9 Å². The van der Waals surface area contributed by atoms with Gasteiger partial charge in [0.05, 0.1) is 11.1 Å². The molecule has 0 spiro atoms. The van der Waals surface area contributed by atoms with E-state index in [2.05, 4.69) is 11.3 Å². The van der Waals surface area contributed by atoms with E-state index >= 15 is 0 Å². The second-order valence-corrected chi connectivity index (χ2v) is 6.55. The fourth-order valence-corrected chi connectivity index (χ4v) is 3.24. The van der Waals surface area contributed by atoms with Gasteiger partial charge in [0.2, 0.25) is 0 Å². The molecule has 3 aromatic rings. The van der Waals surface area contributed by atoms with Crippen molar-refractivity contribution in [3.05, 3.63) is 89.5 Å². The van der Waals surface area contributed by atoms with Gasteiger partial charge in [-0.3, -0.25) is 0 Å². The van der Waals surface area contributed by atoms with E-state index in [1.165, 1.54) is 12.1 Å². The monoisotopic (exact) mass is 400 g/mol. The molecule has 7 heteroatoms. The Balaban J connectivity index is 1.35. The van der Waals surface area contributed by atoms with E-state index in [-0.39, 0.29) is 11.1 Å². The molecule has 0 aliphatic carbocycles. The van der Waals surface area contributed by atoms with Crippen molar-refractivity contribution in [3.63, 3.8) is 0 Å². The second-order valence-electron chi connectivity index (χ2n) is 6.55. The summed E-state index contributed by atoms with van der Waals surface area (Å²) in [6.45, 7) is 3.71. The van der Waals surface area contributed by atoms with Gasteiger partial charge in [-0.1, -0.05) is 18.7 Å². The van der Waals surface area contributed by atoms with E-state index in [4.69, 9.17) is 14.2 Å². The number of benzene rings is 3. The second kappa shape index (κ2) is 6.59. The summed E-state index contributed by atoms with van der Waals surface area (Å²) in [6, 6.07) is 16.4. The van der Waals surface area contributed by atoms with Gasteiger partial charge < -0.3 is 18.9 Å². The quantitative estimate of drug-likeness (QED) is 0.462. The summed E-state index contributed by atoms with van der Waals surface area (Å²) in [6.07, 6.45) is 0. The molecule has 0 aromatic heterocycles. The molecule has 0 bridgehead atoms. The number of hydrogen-bond donors (Lipinski definition) is 0. The molecule has 2 aliphatic rings. The number of esters is 3. The van der Waals surface area contributed by atoms with Crippen molar-refractivity contribution in [2.75, 3.05) is 0 Å². The minimum Gasteiger partial charge on any atom is -0.457 e. The lowest BCUT2D eigenvalue weighted by molar-refractivity contribution is 0.0443. The van der Waals surface area contributed by atoms with E-state index in [0.29, 0.717) is 39.9 Å². The number of carbonyl (C=O) groups is 3. The van der Waals surface area contributed by atoms with Gasteiger partial charge in [-0.2, -0.15) is 0 Å². The lowest BCUT2D eigenvalue weighted by Crippen LogP contribution is -1.98. The van der Waals surface area contributed by atoms with Crippen molar-refractivity contribution < 1.29 is 33.3 Å². The molecule has 0 saturated heterocycles. The Labute approximate surface area is 170 Å². The number of fused-ring (bicyclic) bond motifs is 2. The predicted molar refractivity (Wildman–Crippen MR) is 104 cm³/mol. The van der Waals surface area contributed by atoms with Gasteiger partial charge >= 0.3 is 17.9 Å². The number of carbonyl (C=O) groups excluding carboxylic acids is 3. The summed E-state index contributed by atoms with van der Waals surface area (Å²) in [5.41, 5.74) is 1.32. The Bertz CT molecular complexity index is 1260. The van der Waals surface area contributed by atoms with Crippen molar-refractivity contribution in [1.82, 2.24) is 0 Å². The van der Waals surface area contributed by atoms with Gasteiger partial charge in [0, 0.05) is 5.56 Å². The third kappa shape index (κ3) is 2.89. The topological polar surface area (TPSA) is 88.1 Å². The number of ether oxygens (including phenoxy) is 4. The van der Waals surface area contributed by atoms with Gasteiger partial charge in [-0.15, -0.1) is 0 Å². The van der Waals surface area contributed by atoms with E-state index in [1.54, 1.807) is 48.5 Å². The Morgan fingerprint density at radius 1 is 0.633 bits per heavy atom. The third-order valence-electron chi connectivity index (χ3n) is 4.65. The van der Waals surface area contributed by atoms with Crippen LogP contribution in [0.4, 0.5) is 0 Å². The normalized spacial score (nSPS) is 14.1. The largest absolute Gasteiger partial charge is 0.457 e. The highest BCUT2D eigenvalue weighted by Crippen LogP contribution is 2.37. The average Bonchev–Trinajstić information content (AvgIpc) is 3.19. The predicted octanol–water partition coefficient (Wildman–Crippen LogP) is 4.72. The molecule has 0 radical (unpaired) electrons. The fraction of sp³-hybridized carbons (Fsp3) is 0. The molecular weight excluding hydrogens is 388 g/mol. The van der Waals surface area contributed by atoms with Gasteiger partial charge in [-0.25, -0.2) is 14.4 Å². The number of rotatable bonds is 4. The maximum absolute atomic E-state index is 12.0. The molecule has 2 heterocycles. The zero-order chi connectivity index (χ0) is 20.8. The molecule has 7 nitrogen and oxygen atoms in total. The summed E-state index contributed by atoms with van der Waals surface area (Å²) in [5.74, 6) is 0.171. The van der Waals surface area contributed by atoms with Crippen LogP contribution >= 0.6 is 0 Å². The molecule has 0 amide bonds. The molecule has 0 unspecified atom stereocenters. The Kier molecular flexibility index (Phi) is 3.89. The first-order chi connectivity index (χ1) is 14.5. The molecule has 146 valence electrons. The first-order valence-electron chi connectivity index (χ1n) is 8.90. The standard InChI is InChI=1S/C23H12O7/c1-12-16-3-2-4-19(20(16)23(26)27-12)29-14-7-5-13(6-8-14)28-15-9-10-17-18(11-15)22(25)30-21(17)24/h2-11H,1H2. The van der Waals surface area contributed by atoms with Crippen LogP contribution < -0.4 is 9.47 Å². The first kappa shape index (κ1) is 17.7. The van der Waals surface area contributed by atoms with E-state index in [9.17, 15) is 14.4 Å². The lowest BCUT2D eigenvalue weighted by atomic mass is 10.1. The molecule has 0 fully saturated rings. The molecular formula is C23H12O7. The zero-order valence-electron chi connectivity index (χ0n) is 15.3. The van der Waals surface area contributed by atoms with Crippen LogP contribution in [0.25, 0.3) is 5.76 Å². The number of cyclic esters (lactones) is 3. The minimum atomic E-state index is -0.694. The van der Waals surface area contributed by atoms with Crippen molar-refractivity contribution in [2.45, 2.75) is 0 Å². The maximum Gasteiger partial charge on any atom is 0.348 e. The molecule has 30 heavy (non-hydrogen) atoms. The lowest BCUT2D eigenvalue weighted by Gasteiger charge is -2.10. The van der Waals surface area contributed by atoms with Crippen LogP contribution in [0, 0.1) is 0 Å². The average molecular weight is 400 g/mol. The Morgan fingerprint density at radius 2 is 1.30 bits per heavy atom. The molecule has 5 rings (SSSR count). The van der Waals surface area contributed by atoms with Crippen LogP contribution in [-0.4, -0.2) is 17.9 Å². The fourth-order valence-electron chi connectivity index (χ4n) is 3.24. The van der Waals surface area contributed by atoms with Crippen molar-refractivity contribution in [3.8, 4) is 23.0 Å². The summed E-state index contributed by atoms with van der Waals surface area (Å²) in [5, 5.41) is 0. The van der Waals surface area contributed by atoms with E-state index in [0.717, 1.165) is 0 Å². The summed E-state index contributed by atoms with van der Waals surface area (Å²) >= 11 is 0. The van der Waals surface area contributed by atoms with Gasteiger partial charge in [0.15, 0.2) is 0 Å². The molecule has 2 aliphatic heterocycles.